The Morgan fingerprint density at radius 1 is 1.21 bits per heavy atom. The lowest BCUT2D eigenvalue weighted by atomic mass is 9.87. The van der Waals surface area contributed by atoms with Crippen molar-refractivity contribution >= 4 is 35.1 Å². The molecule has 1 saturated carbocycles. The van der Waals surface area contributed by atoms with Crippen LogP contribution in [-0.4, -0.2) is 27.7 Å². The van der Waals surface area contributed by atoms with Gasteiger partial charge in [-0.1, -0.05) is 23.4 Å². The maximum atomic E-state index is 9.61. The van der Waals surface area contributed by atoms with Crippen molar-refractivity contribution in [2.24, 2.45) is 5.92 Å². The molecule has 2 aromatic rings. The number of benzene rings is 1. The smallest absolute Gasteiger partial charge is 0.221 e. The fraction of sp³-hybridized carbons (Fsp3) is 0.412. The van der Waals surface area contributed by atoms with Gasteiger partial charge in [0.1, 0.15) is 5.82 Å². The predicted molar refractivity (Wildman–Crippen MR) is 98.5 cm³/mol. The van der Waals surface area contributed by atoms with Gasteiger partial charge in [0.25, 0.3) is 0 Å². The van der Waals surface area contributed by atoms with Gasteiger partial charge < -0.3 is 16.2 Å². The van der Waals surface area contributed by atoms with E-state index in [1.807, 2.05) is 24.3 Å². The first kappa shape index (κ1) is 17.3. The van der Waals surface area contributed by atoms with E-state index in [0.29, 0.717) is 10.9 Å². The minimum atomic E-state index is -0.132. The number of hydrogen-bond donors (Lipinski definition) is 3. The second kappa shape index (κ2) is 8.05. The van der Waals surface area contributed by atoms with Gasteiger partial charge in [-0.3, -0.25) is 0 Å². The van der Waals surface area contributed by atoms with Crippen molar-refractivity contribution < 1.29 is 5.11 Å². The summed E-state index contributed by atoms with van der Waals surface area (Å²) in [6.45, 7) is 0.831. The van der Waals surface area contributed by atoms with Crippen molar-refractivity contribution in [3.8, 4) is 0 Å². The Kier molecular flexibility index (Phi) is 5.81. The van der Waals surface area contributed by atoms with Gasteiger partial charge in [0, 0.05) is 22.7 Å². The van der Waals surface area contributed by atoms with Crippen LogP contribution in [0.1, 0.15) is 25.7 Å². The number of nitrogens with one attached hydrogen (secondary N) is 1. The molecule has 0 bridgehead atoms. The normalized spacial score (nSPS) is 20.8. The molecule has 1 aromatic carbocycles. The topological polar surface area (TPSA) is 84.1 Å². The summed E-state index contributed by atoms with van der Waals surface area (Å²) >= 11 is 7.51. The summed E-state index contributed by atoms with van der Waals surface area (Å²) in [7, 11) is 0. The van der Waals surface area contributed by atoms with E-state index >= 15 is 0 Å². The third kappa shape index (κ3) is 4.75. The lowest BCUT2D eigenvalue weighted by molar-refractivity contribution is 0.111. The number of halogens is 1. The Hall–Kier alpha value is -1.50. The number of nitrogens with two attached hydrogens (primary N) is 1. The van der Waals surface area contributed by atoms with Crippen LogP contribution < -0.4 is 11.1 Å². The zero-order valence-electron chi connectivity index (χ0n) is 13.3. The van der Waals surface area contributed by atoms with Gasteiger partial charge in [0.2, 0.25) is 5.95 Å². The summed E-state index contributed by atoms with van der Waals surface area (Å²) in [5, 5.41) is 13.7. The Morgan fingerprint density at radius 2 is 1.92 bits per heavy atom. The number of hydrogen-bond acceptors (Lipinski definition) is 6. The summed E-state index contributed by atoms with van der Waals surface area (Å²) < 4.78 is 0. The molecule has 1 fully saturated rings. The summed E-state index contributed by atoms with van der Waals surface area (Å²) in [4.78, 5) is 10.4. The molecular formula is C17H21ClN4OS. The van der Waals surface area contributed by atoms with Crippen molar-refractivity contribution in [3.63, 3.8) is 0 Å². The molecule has 3 rings (SSSR count). The van der Waals surface area contributed by atoms with Crippen molar-refractivity contribution in [1.82, 2.24) is 9.97 Å². The minimum Gasteiger partial charge on any atom is -0.393 e. The van der Waals surface area contributed by atoms with Crippen LogP contribution in [0.15, 0.2) is 40.3 Å². The first-order valence-electron chi connectivity index (χ1n) is 8.08. The Balaban J connectivity index is 1.67. The van der Waals surface area contributed by atoms with Gasteiger partial charge in [0.15, 0.2) is 0 Å². The van der Waals surface area contributed by atoms with Gasteiger partial charge in [-0.15, -0.1) is 0 Å². The Morgan fingerprint density at radius 3 is 2.62 bits per heavy atom. The van der Waals surface area contributed by atoms with E-state index < -0.39 is 0 Å². The van der Waals surface area contributed by atoms with Crippen LogP contribution >= 0.6 is 23.4 Å². The van der Waals surface area contributed by atoms with Crippen LogP contribution in [0.25, 0.3) is 0 Å². The molecular weight excluding hydrogens is 344 g/mol. The van der Waals surface area contributed by atoms with Gasteiger partial charge in [-0.25, -0.2) is 4.98 Å². The summed E-state index contributed by atoms with van der Waals surface area (Å²) in [6, 6.07) is 7.66. The number of nitrogens with zero attached hydrogens (tertiary/aromatic N) is 2. The molecule has 4 N–H and O–H groups in total. The molecule has 0 amide bonds. The first-order chi connectivity index (χ1) is 11.6. The quantitative estimate of drug-likeness (QED) is 0.747. The number of aliphatic hydroxyl groups excluding tert-OH is 1. The monoisotopic (exact) mass is 364 g/mol. The molecule has 7 heteroatoms. The van der Waals surface area contributed by atoms with Crippen molar-refractivity contribution in [3.05, 3.63) is 35.5 Å². The van der Waals surface area contributed by atoms with Crippen LogP contribution in [-0.2, 0) is 0 Å². The third-order valence-electron chi connectivity index (χ3n) is 4.19. The minimum absolute atomic E-state index is 0.132. The van der Waals surface area contributed by atoms with E-state index in [2.05, 4.69) is 15.3 Å². The number of aromatic nitrogens is 2. The average Bonchev–Trinajstić information content (AvgIpc) is 2.58. The summed E-state index contributed by atoms with van der Waals surface area (Å²) in [5.41, 5.74) is 5.75. The molecule has 1 aliphatic rings. The molecule has 128 valence electrons. The van der Waals surface area contributed by atoms with E-state index in [9.17, 15) is 5.11 Å². The number of anilines is 2. The largest absolute Gasteiger partial charge is 0.393 e. The highest BCUT2D eigenvalue weighted by atomic mass is 35.5. The zero-order valence-corrected chi connectivity index (χ0v) is 14.9. The molecule has 0 aliphatic heterocycles. The Labute approximate surface area is 151 Å². The summed E-state index contributed by atoms with van der Waals surface area (Å²) in [5.74, 6) is 1.57. The van der Waals surface area contributed by atoms with Gasteiger partial charge in [-0.2, -0.15) is 4.98 Å². The zero-order chi connectivity index (χ0) is 16.9. The van der Waals surface area contributed by atoms with Crippen molar-refractivity contribution in [1.29, 1.82) is 0 Å². The highest BCUT2D eigenvalue weighted by Gasteiger charge is 2.19. The van der Waals surface area contributed by atoms with Gasteiger partial charge in [0.05, 0.1) is 11.0 Å². The van der Waals surface area contributed by atoms with E-state index in [-0.39, 0.29) is 12.1 Å². The van der Waals surface area contributed by atoms with E-state index in [1.165, 1.54) is 0 Å². The SMILES string of the molecule is Nc1ncc(Sc2ccc(Cl)cc2)c(NC[C@H]2CC[C@H](O)CC2)n1. The predicted octanol–water partition coefficient (Wildman–Crippen LogP) is 3.83. The average molecular weight is 365 g/mol. The highest BCUT2D eigenvalue weighted by Crippen LogP contribution is 2.33. The lowest BCUT2D eigenvalue weighted by Gasteiger charge is -2.25. The highest BCUT2D eigenvalue weighted by molar-refractivity contribution is 7.99. The molecule has 24 heavy (non-hydrogen) atoms. The van der Waals surface area contributed by atoms with Crippen LogP contribution in [0.2, 0.25) is 5.02 Å². The first-order valence-corrected chi connectivity index (χ1v) is 9.27. The maximum absolute atomic E-state index is 9.61. The number of nitrogen functional groups attached to an aromatic ring is 1. The van der Waals surface area contributed by atoms with Gasteiger partial charge in [-0.05, 0) is 55.9 Å². The van der Waals surface area contributed by atoms with Crippen molar-refractivity contribution in [2.75, 3.05) is 17.6 Å². The molecule has 0 atom stereocenters. The second-order valence-corrected chi connectivity index (χ2v) is 7.60. The maximum Gasteiger partial charge on any atom is 0.221 e. The van der Waals surface area contributed by atoms with E-state index in [4.69, 9.17) is 17.3 Å². The van der Waals surface area contributed by atoms with Crippen molar-refractivity contribution in [2.45, 2.75) is 41.6 Å². The number of aliphatic hydroxyl groups is 1. The van der Waals surface area contributed by atoms with Crippen LogP contribution in [0.4, 0.5) is 11.8 Å². The van der Waals surface area contributed by atoms with Crippen LogP contribution in [0.5, 0.6) is 0 Å². The molecule has 1 aromatic heterocycles. The molecule has 1 heterocycles. The molecule has 0 saturated heterocycles. The molecule has 0 unspecified atom stereocenters. The second-order valence-electron chi connectivity index (χ2n) is 6.05. The number of rotatable bonds is 5. The van der Waals surface area contributed by atoms with Crippen LogP contribution in [0.3, 0.4) is 0 Å². The molecule has 0 spiro atoms. The summed E-state index contributed by atoms with van der Waals surface area (Å²) in [6.07, 6.45) is 5.44. The lowest BCUT2D eigenvalue weighted by Crippen LogP contribution is -2.24. The Bertz CT molecular complexity index is 675. The van der Waals surface area contributed by atoms with E-state index in [1.54, 1.807) is 18.0 Å². The molecule has 1 aliphatic carbocycles. The standard InChI is InChI=1S/C17H21ClN4OS/c18-12-3-7-14(8-4-12)24-15-10-21-17(19)22-16(15)20-9-11-1-5-13(23)6-2-11/h3-4,7-8,10-11,13,23H,1-2,5-6,9H2,(H3,19,20,21,22)/t11-,13-. The van der Waals surface area contributed by atoms with Gasteiger partial charge >= 0.3 is 0 Å². The molecule has 0 radical (unpaired) electrons. The fourth-order valence-corrected chi connectivity index (χ4v) is 3.78. The van der Waals surface area contributed by atoms with E-state index in [0.717, 1.165) is 47.8 Å². The molecule has 5 nitrogen and oxygen atoms in total. The fourth-order valence-electron chi connectivity index (χ4n) is 2.81. The third-order valence-corrected chi connectivity index (χ3v) is 5.47. The van der Waals surface area contributed by atoms with Crippen LogP contribution in [0, 0.1) is 5.92 Å².